The number of amides is 1. The predicted molar refractivity (Wildman–Crippen MR) is 128 cm³/mol. The Kier molecular flexibility index (Phi) is 6.70. The minimum absolute atomic E-state index is 0.128. The van der Waals surface area contributed by atoms with Gasteiger partial charge in [0.05, 0.1) is 5.56 Å². The van der Waals surface area contributed by atoms with Crippen LogP contribution in [0.15, 0.2) is 60.8 Å². The second kappa shape index (κ2) is 9.54. The van der Waals surface area contributed by atoms with Crippen LogP contribution in [0, 0.1) is 0 Å². The van der Waals surface area contributed by atoms with Crippen LogP contribution >= 0.6 is 11.6 Å². The number of benzene rings is 1. The van der Waals surface area contributed by atoms with Crippen molar-refractivity contribution < 1.29 is 18.0 Å². The van der Waals surface area contributed by atoms with Gasteiger partial charge in [0.15, 0.2) is 11.3 Å². The number of pyridine rings is 1. The molecule has 4 rings (SSSR count). The summed E-state index contributed by atoms with van der Waals surface area (Å²) >= 11 is 6.44. The molecule has 34 heavy (non-hydrogen) atoms. The third-order valence-corrected chi connectivity index (χ3v) is 6.21. The summed E-state index contributed by atoms with van der Waals surface area (Å²) in [5.41, 5.74) is 0.531. The number of halogens is 4. The molecule has 0 unspecified atom stereocenters. The minimum atomic E-state index is -4.66. The number of nitrogens with zero attached hydrogens (tertiary/aromatic N) is 4. The van der Waals surface area contributed by atoms with Gasteiger partial charge in [0, 0.05) is 38.1 Å². The molecule has 0 bridgehead atoms. The van der Waals surface area contributed by atoms with E-state index >= 15 is 0 Å². The molecule has 0 radical (unpaired) electrons. The molecule has 0 saturated carbocycles. The number of piperazine rings is 1. The maximum Gasteiger partial charge on any atom is 0.420 e. The summed E-state index contributed by atoms with van der Waals surface area (Å²) in [6.45, 7) is 5.57. The SMILES string of the molecule is C/C=C\C=C(/C)c1cc(C(F)(F)F)c2nc(C(=O)N3CCN(c4ccccc4)CC3)c(Cl)n2c1. The lowest BCUT2D eigenvalue weighted by Gasteiger charge is -2.35. The lowest BCUT2D eigenvalue weighted by Crippen LogP contribution is -2.49. The Bertz CT molecular complexity index is 1260. The Labute approximate surface area is 200 Å². The number of rotatable bonds is 4. The van der Waals surface area contributed by atoms with Gasteiger partial charge < -0.3 is 9.80 Å². The molecule has 5 nitrogen and oxygen atoms in total. The van der Waals surface area contributed by atoms with E-state index in [2.05, 4.69) is 9.88 Å². The smallest absolute Gasteiger partial charge is 0.368 e. The Balaban J connectivity index is 1.67. The summed E-state index contributed by atoms with van der Waals surface area (Å²) in [5, 5.41) is -0.128. The molecule has 0 spiro atoms. The predicted octanol–water partition coefficient (Wildman–Crippen LogP) is 5.95. The topological polar surface area (TPSA) is 40.9 Å². The van der Waals surface area contributed by atoms with Gasteiger partial charge in [-0.05, 0) is 43.2 Å². The van der Waals surface area contributed by atoms with Crippen LogP contribution in [0.3, 0.4) is 0 Å². The number of carbonyl (C=O) groups is 1. The summed E-state index contributed by atoms with van der Waals surface area (Å²) in [6, 6.07) is 10.9. The van der Waals surface area contributed by atoms with Crippen molar-refractivity contribution in [2.24, 2.45) is 0 Å². The molecule has 9 heteroatoms. The van der Waals surface area contributed by atoms with Crippen molar-refractivity contribution in [3.8, 4) is 0 Å². The standard InChI is InChI=1S/C25H24ClF3N4O/c1-3-4-8-17(2)18-15-20(25(27,28)29)23-30-21(22(26)33(23)16-18)24(34)32-13-11-31(12-14-32)19-9-6-5-7-10-19/h3-10,15-16H,11-14H2,1-2H3/b4-3-,17-8+. The lowest BCUT2D eigenvalue weighted by molar-refractivity contribution is -0.136. The zero-order chi connectivity index (χ0) is 24.5. The van der Waals surface area contributed by atoms with Crippen LogP contribution in [-0.2, 0) is 6.18 Å². The molecule has 1 aromatic carbocycles. The van der Waals surface area contributed by atoms with Crippen LogP contribution in [-0.4, -0.2) is 46.4 Å². The molecule has 3 heterocycles. The first-order chi connectivity index (χ1) is 16.2. The van der Waals surface area contributed by atoms with Gasteiger partial charge in [-0.1, -0.05) is 48.0 Å². The molecule has 1 amide bonds. The summed E-state index contributed by atoms with van der Waals surface area (Å²) in [5.74, 6) is -0.475. The van der Waals surface area contributed by atoms with Gasteiger partial charge >= 0.3 is 6.18 Å². The van der Waals surface area contributed by atoms with Crippen molar-refractivity contribution in [3.05, 3.63) is 82.8 Å². The molecule has 1 aliphatic rings. The van der Waals surface area contributed by atoms with Crippen molar-refractivity contribution in [1.82, 2.24) is 14.3 Å². The fraction of sp³-hybridized carbons (Fsp3) is 0.280. The Morgan fingerprint density at radius 2 is 1.79 bits per heavy atom. The molecular formula is C25H24ClF3N4O. The highest BCUT2D eigenvalue weighted by Crippen LogP contribution is 2.36. The van der Waals surface area contributed by atoms with Crippen LogP contribution in [0.25, 0.3) is 11.2 Å². The van der Waals surface area contributed by atoms with E-state index in [0.29, 0.717) is 37.3 Å². The molecule has 0 atom stereocenters. The first-order valence-electron chi connectivity index (χ1n) is 10.9. The summed E-state index contributed by atoms with van der Waals surface area (Å²) < 4.78 is 42.8. The Morgan fingerprint density at radius 3 is 2.41 bits per heavy atom. The van der Waals surface area contributed by atoms with E-state index in [1.54, 1.807) is 30.1 Å². The van der Waals surface area contributed by atoms with E-state index in [1.165, 1.54) is 6.20 Å². The normalized spacial score (nSPS) is 15.5. The summed E-state index contributed by atoms with van der Waals surface area (Å²) in [7, 11) is 0. The van der Waals surface area contributed by atoms with Crippen LogP contribution in [0.2, 0.25) is 5.15 Å². The first kappa shape index (κ1) is 23.9. The van der Waals surface area contributed by atoms with Gasteiger partial charge in [0.2, 0.25) is 0 Å². The molecule has 178 valence electrons. The van der Waals surface area contributed by atoms with Gasteiger partial charge in [-0.2, -0.15) is 13.2 Å². The molecule has 1 saturated heterocycles. The number of imidazole rings is 1. The quantitative estimate of drug-likeness (QED) is 0.426. The number of hydrogen-bond donors (Lipinski definition) is 0. The molecule has 2 aromatic heterocycles. The van der Waals surface area contributed by atoms with Gasteiger partial charge in [-0.25, -0.2) is 4.98 Å². The number of aromatic nitrogens is 2. The number of carbonyl (C=O) groups excluding carboxylic acids is 1. The third-order valence-electron chi connectivity index (χ3n) is 5.85. The summed E-state index contributed by atoms with van der Waals surface area (Å²) in [6.07, 6.45) is 2.07. The van der Waals surface area contributed by atoms with Crippen molar-refractivity contribution in [1.29, 1.82) is 0 Å². The van der Waals surface area contributed by atoms with E-state index in [-0.39, 0.29) is 16.5 Å². The number of anilines is 1. The molecular weight excluding hydrogens is 465 g/mol. The highest BCUT2D eigenvalue weighted by atomic mass is 35.5. The van der Waals surface area contributed by atoms with Crippen molar-refractivity contribution in [2.75, 3.05) is 31.1 Å². The highest BCUT2D eigenvalue weighted by Gasteiger charge is 2.36. The van der Waals surface area contributed by atoms with Crippen molar-refractivity contribution in [3.63, 3.8) is 0 Å². The van der Waals surface area contributed by atoms with Gasteiger partial charge in [-0.3, -0.25) is 9.20 Å². The molecule has 0 N–H and O–H groups in total. The van der Waals surface area contributed by atoms with Gasteiger partial charge in [0.25, 0.3) is 5.91 Å². The van der Waals surface area contributed by atoms with Crippen LogP contribution in [0.4, 0.5) is 18.9 Å². The maximum absolute atomic E-state index is 13.9. The van der Waals surface area contributed by atoms with E-state index in [1.807, 2.05) is 37.3 Å². The average Bonchev–Trinajstić information content (AvgIpc) is 3.17. The largest absolute Gasteiger partial charge is 0.420 e. The number of alkyl halides is 3. The second-order valence-electron chi connectivity index (χ2n) is 8.08. The van der Waals surface area contributed by atoms with E-state index in [0.717, 1.165) is 16.2 Å². The monoisotopic (exact) mass is 488 g/mol. The first-order valence-corrected chi connectivity index (χ1v) is 11.3. The lowest BCUT2D eigenvalue weighted by atomic mass is 10.1. The molecule has 1 aliphatic heterocycles. The minimum Gasteiger partial charge on any atom is -0.368 e. The number of para-hydroxylation sites is 1. The van der Waals surface area contributed by atoms with Crippen LogP contribution in [0.1, 0.15) is 35.5 Å². The number of hydrogen-bond acceptors (Lipinski definition) is 3. The zero-order valence-electron chi connectivity index (χ0n) is 18.8. The van der Waals surface area contributed by atoms with Crippen LogP contribution < -0.4 is 4.90 Å². The Hall–Kier alpha value is -3.26. The number of fused-ring (bicyclic) bond motifs is 1. The van der Waals surface area contributed by atoms with Crippen molar-refractivity contribution in [2.45, 2.75) is 20.0 Å². The third kappa shape index (κ3) is 4.68. The maximum atomic E-state index is 13.9. The van der Waals surface area contributed by atoms with Crippen molar-refractivity contribution >= 4 is 34.4 Å². The fourth-order valence-corrected chi connectivity index (χ4v) is 4.22. The van der Waals surface area contributed by atoms with Gasteiger partial charge in [-0.15, -0.1) is 0 Å². The fourth-order valence-electron chi connectivity index (χ4n) is 3.97. The number of allylic oxidation sites excluding steroid dienone is 4. The van der Waals surface area contributed by atoms with Gasteiger partial charge in [0.1, 0.15) is 5.15 Å². The van der Waals surface area contributed by atoms with Crippen LogP contribution in [0.5, 0.6) is 0 Å². The molecule has 1 fully saturated rings. The summed E-state index contributed by atoms with van der Waals surface area (Å²) in [4.78, 5) is 21.0. The van der Waals surface area contributed by atoms with E-state index in [9.17, 15) is 18.0 Å². The zero-order valence-corrected chi connectivity index (χ0v) is 19.6. The molecule has 0 aliphatic carbocycles. The van der Waals surface area contributed by atoms with E-state index < -0.39 is 17.6 Å². The second-order valence-corrected chi connectivity index (χ2v) is 8.43. The average molecular weight is 489 g/mol. The highest BCUT2D eigenvalue weighted by molar-refractivity contribution is 6.33. The Morgan fingerprint density at radius 1 is 1.12 bits per heavy atom. The molecule has 3 aromatic rings. The van der Waals surface area contributed by atoms with E-state index in [4.69, 9.17) is 11.6 Å².